The molecule has 0 aliphatic heterocycles. The minimum absolute atomic E-state index is 0.130. The highest BCUT2D eigenvalue weighted by molar-refractivity contribution is 5.77. The van der Waals surface area contributed by atoms with Crippen LogP contribution in [0.15, 0.2) is 12.2 Å². The molecule has 0 heterocycles. The summed E-state index contributed by atoms with van der Waals surface area (Å²) in [6.45, 7) is 7.50. The van der Waals surface area contributed by atoms with Gasteiger partial charge in [0.1, 0.15) is 6.04 Å². The second kappa shape index (κ2) is 22.0. The lowest BCUT2D eigenvalue weighted by Gasteiger charge is -2.51. The van der Waals surface area contributed by atoms with E-state index in [1.54, 1.807) is 20.8 Å². The Kier molecular flexibility index (Phi) is 20.9. The van der Waals surface area contributed by atoms with Crippen LogP contribution >= 0.6 is 0 Å². The van der Waals surface area contributed by atoms with Crippen LogP contribution in [0.2, 0.25) is 0 Å². The first-order valence-electron chi connectivity index (χ1n) is 15.4. The van der Waals surface area contributed by atoms with E-state index in [4.69, 9.17) is 0 Å². The van der Waals surface area contributed by atoms with Crippen LogP contribution in [-0.4, -0.2) is 57.3 Å². The molecule has 0 aromatic rings. The Bertz CT molecular complexity index is 622. The van der Waals surface area contributed by atoms with Crippen LogP contribution in [0.4, 0.5) is 0 Å². The Morgan fingerprint density at radius 1 is 0.605 bits per heavy atom. The van der Waals surface area contributed by atoms with E-state index in [-0.39, 0.29) is 25.8 Å². The van der Waals surface area contributed by atoms with Crippen LogP contribution in [0.5, 0.6) is 0 Å². The fourth-order valence-corrected chi connectivity index (χ4v) is 6.07. The smallest absolute Gasteiger partial charge is 0.362 e. The van der Waals surface area contributed by atoms with Crippen LogP contribution in [-0.2, 0) is 14.4 Å². The van der Waals surface area contributed by atoms with Gasteiger partial charge in [-0.15, -0.1) is 0 Å². The molecule has 0 rings (SSSR count). The zero-order valence-corrected chi connectivity index (χ0v) is 24.8. The summed E-state index contributed by atoms with van der Waals surface area (Å²) in [4.78, 5) is 36.6. The summed E-state index contributed by atoms with van der Waals surface area (Å²) in [5.41, 5.74) is 0. The van der Waals surface area contributed by atoms with E-state index in [9.17, 15) is 29.7 Å². The van der Waals surface area contributed by atoms with Gasteiger partial charge in [-0.25, -0.2) is 9.59 Å². The standard InChI is InChI=1S/C31H57NO6/c1-5-9-10-11-12-13-14-15-16-17-18-19-20-21-22-23-24-25-32(26(6-2)29(33)34,27(7-3)30(35)36)28(8-4)31(37)38/h13-14,26-28H,5-12,15-25H2,1-4H3,(H2-,33,34,35,36,37,38)/b14-13+. The molecule has 7 nitrogen and oxygen atoms in total. The van der Waals surface area contributed by atoms with E-state index in [0.29, 0.717) is 6.42 Å². The van der Waals surface area contributed by atoms with Gasteiger partial charge in [0.15, 0.2) is 12.1 Å². The van der Waals surface area contributed by atoms with Gasteiger partial charge in [0, 0.05) is 19.3 Å². The number of carbonyl (C=O) groups excluding carboxylic acids is 1. The Morgan fingerprint density at radius 2 is 0.974 bits per heavy atom. The highest BCUT2D eigenvalue weighted by atomic mass is 16.4. The van der Waals surface area contributed by atoms with Crippen molar-refractivity contribution in [3.8, 4) is 0 Å². The number of rotatable bonds is 26. The average Bonchev–Trinajstić information content (AvgIpc) is 2.86. The number of hydrogen-bond acceptors (Lipinski definition) is 4. The Morgan fingerprint density at radius 3 is 1.32 bits per heavy atom. The molecular formula is C31H57NO6. The summed E-state index contributed by atoms with van der Waals surface area (Å²) in [6.07, 6.45) is 22.3. The third-order valence-electron chi connectivity index (χ3n) is 8.05. The van der Waals surface area contributed by atoms with Gasteiger partial charge >= 0.3 is 11.9 Å². The van der Waals surface area contributed by atoms with Crippen molar-refractivity contribution in [1.29, 1.82) is 0 Å². The first-order chi connectivity index (χ1) is 18.2. The van der Waals surface area contributed by atoms with Crippen molar-refractivity contribution in [1.82, 2.24) is 0 Å². The van der Waals surface area contributed by atoms with E-state index in [1.165, 1.54) is 64.2 Å². The van der Waals surface area contributed by atoms with Gasteiger partial charge in [0.25, 0.3) is 0 Å². The number of carboxylic acid groups (broad SMARTS) is 3. The minimum Gasteiger partial charge on any atom is -0.544 e. The quantitative estimate of drug-likeness (QED) is 0.0738. The molecule has 0 saturated heterocycles. The zero-order valence-electron chi connectivity index (χ0n) is 24.8. The van der Waals surface area contributed by atoms with Crippen LogP contribution in [0.1, 0.15) is 143 Å². The van der Waals surface area contributed by atoms with Gasteiger partial charge < -0.3 is 20.1 Å². The van der Waals surface area contributed by atoms with Gasteiger partial charge in [-0.3, -0.25) is 4.48 Å². The molecule has 0 amide bonds. The van der Waals surface area contributed by atoms with Crippen molar-refractivity contribution in [2.45, 2.75) is 161 Å². The SMILES string of the molecule is CCCCCC/C=C/CCCCCCCCCCC[N+](C(CC)C(=O)[O-])(C(CC)C(=O)O)C(CC)C(=O)O. The molecule has 2 N–H and O–H groups in total. The van der Waals surface area contributed by atoms with E-state index in [1.807, 2.05) is 0 Å². The van der Waals surface area contributed by atoms with Crippen molar-refractivity contribution >= 4 is 17.9 Å². The number of aliphatic carboxylic acids is 3. The number of unbranched alkanes of at least 4 members (excludes halogenated alkanes) is 13. The Balaban J connectivity index is 4.67. The number of quaternary nitrogens is 1. The van der Waals surface area contributed by atoms with Crippen molar-refractivity contribution in [2.24, 2.45) is 0 Å². The van der Waals surface area contributed by atoms with Gasteiger partial charge in [-0.1, -0.05) is 97.6 Å². The molecule has 0 aliphatic rings. The minimum atomic E-state index is -1.37. The lowest BCUT2D eigenvalue weighted by atomic mass is 9.93. The molecule has 3 unspecified atom stereocenters. The maximum absolute atomic E-state index is 12.2. The molecule has 0 aromatic heterocycles. The van der Waals surface area contributed by atoms with Crippen LogP contribution in [0, 0.1) is 0 Å². The predicted molar refractivity (Wildman–Crippen MR) is 152 cm³/mol. The summed E-state index contributed by atoms with van der Waals surface area (Å²) in [7, 11) is 0. The van der Waals surface area contributed by atoms with Crippen LogP contribution < -0.4 is 5.11 Å². The Labute approximate surface area is 232 Å². The van der Waals surface area contributed by atoms with Gasteiger partial charge in [-0.05, 0) is 38.5 Å². The number of allylic oxidation sites excluding steroid dienone is 2. The number of carboxylic acids is 3. The van der Waals surface area contributed by atoms with E-state index < -0.39 is 40.5 Å². The highest BCUT2D eigenvalue weighted by Crippen LogP contribution is 2.32. The fraction of sp³-hybridized carbons (Fsp3) is 0.839. The maximum Gasteiger partial charge on any atom is 0.362 e. The monoisotopic (exact) mass is 539 g/mol. The van der Waals surface area contributed by atoms with Crippen molar-refractivity contribution in [3.63, 3.8) is 0 Å². The van der Waals surface area contributed by atoms with Gasteiger partial charge in [-0.2, -0.15) is 0 Å². The van der Waals surface area contributed by atoms with Crippen molar-refractivity contribution < 1.29 is 34.2 Å². The van der Waals surface area contributed by atoms with Gasteiger partial charge in [0.2, 0.25) is 0 Å². The second-order valence-corrected chi connectivity index (χ2v) is 10.8. The molecule has 0 bridgehead atoms. The summed E-state index contributed by atoms with van der Waals surface area (Å²) in [5, 5.41) is 32.1. The largest absolute Gasteiger partial charge is 0.544 e. The fourth-order valence-electron chi connectivity index (χ4n) is 6.07. The predicted octanol–water partition coefficient (Wildman–Crippen LogP) is 6.49. The molecule has 0 aliphatic carbocycles. The molecule has 3 atom stereocenters. The zero-order chi connectivity index (χ0) is 28.8. The molecule has 222 valence electrons. The topological polar surface area (TPSA) is 115 Å². The molecule has 0 radical (unpaired) electrons. The van der Waals surface area contributed by atoms with Gasteiger partial charge in [0.05, 0.1) is 12.5 Å². The molecule has 0 spiro atoms. The first kappa shape index (κ1) is 36.1. The first-order valence-corrected chi connectivity index (χ1v) is 15.4. The third kappa shape index (κ3) is 12.8. The average molecular weight is 540 g/mol. The summed E-state index contributed by atoms with van der Waals surface area (Å²) >= 11 is 0. The molecular weight excluding hydrogens is 482 g/mol. The number of carbonyl (C=O) groups is 3. The summed E-state index contributed by atoms with van der Waals surface area (Å²) in [5.74, 6) is -3.65. The normalized spacial score (nSPS) is 15.7. The second-order valence-electron chi connectivity index (χ2n) is 10.8. The summed E-state index contributed by atoms with van der Waals surface area (Å²) < 4.78 is -0.469. The lowest BCUT2D eigenvalue weighted by molar-refractivity contribution is -0.974. The molecule has 0 aromatic carbocycles. The maximum atomic E-state index is 12.2. The van der Waals surface area contributed by atoms with Crippen molar-refractivity contribution in [2.75, 3.05) is 6.54 Å². The Hall–Kier alpha value is -1.89. The highest BCUT2D eigenvalue weighted by Gasteiger charge is 2.53. The lowest BCUT2D eigenvalue weighted by Crippen LogP contribution is -2.73. The number of nitrogens with zero attached hydrogens (tertiary/aromatic N) is 1. The summed E-state index contributed by atoms with van der Waals surface area (Å²) in [6, 6.07) is -3.38. The van der Waals surface area contributed by atoms with Crippen molar-refractivity contribution in [3.05, 3.63) is 12.2 Å². The van der Waals surface area contributed by atoms with E-state index in [2.05, 4.69) is 19.1 Å². The van der Waals surface area contributed by atoms with E-state index in [0.717, 1.165) is 25.7 Å². The number of hydrogen-bond donors (Lipinski definition) is 2. The third-order valence-corrected chi connectivity index (χ3v) is 8.05. The van der Waals surface area contributed by atoms with Crippen LogP contribution in [0.25, 0.3) is 0 Å². The molecule has 0 saturated carbocycles. The molecule has 38 heavy (non-hydrogen) atoms. The van der Waals surface area contributed by atoms with E-state index >= 15 is 0 Å². The van der Waals surface area contributed by atoms with Crippen LogP contribution in [0.3, 0.4) is 0 Å². The molecule has 7 heteroatoms. The molecule has 0 fully saturated rings.